The van der Waals surface area contributed by atoms with Crippen molar-refractivity contribution < 1.29 is 0 Å². The fourth-order valence-electron chi connectivity index (χ4n) is 1.58. The first kappa shape index (κ1) is 11.3. The molecule has 2 aromatic heterocycles. The third kappa shape index (κ3) is 2.68. The Balaban J connectivity index is 1.89. The molecule has 0 aliphatic heterocycles. The summed E-state index contributed by atoms with van der Waals surface area (Å²) in [5.41, 5.74) is 3.75. The van der Waals surface area contributed by atoms with E-state index in [0.29, 0.717) is 0 Å². The van der Waals surface area contributed by atoms with E-state index in [4.69, 9.17) is 0 Å². The molecular weight excluding hydrogens is 216 g/mol. The van der Waals surface area contributed by atoms with Crippen molar-refractivity contribution in [2.24, 2.45) is 0 Å². The SMILES string of the molecule is Cc1cccnc1CNCc1sccc1C. The number of thiophene rings is 1. The zero-order valence-corrected chi connectivity index (χ0v) is 10.5. The number of aromatic nitrogens is 1. The number of aryl methyl sites for hydroxylation is 2. The Labute approximate surface area is 100 Å². The van der Waals surface area contributed by atoms with E-state index in [2.05, 4.69) is 41.7 Å². The molecule has 3 heteroatoms. The lowest BCUT2D eigenvalue weighted by Gasteiger charge is -2.06. The summed E-state index contributed by atoms with van der Waals surface area (Å²) in [6.45, 7) is 6.02. The Morgan fingerprint density at radius 1 is 1.19 bits per heavy atom. The molecule has 0 bridgehead atoms. The largest absolute Gasteiger partial charge is 0.306 e. The molecule has 2 nitrogen and oxygen atoms in total. The fraction of sp³-hybridized carbons (Fsp3) is 0.308. The predicted molar refractivity (Wildman–Crippen MR) is 68.6 cm³/mol. The second-order valence-corrected chi connectivity index (χ2v) is 4.90. The zero-order chi connectivity index (χ0) is 11.4. The van der Waals surface area contributed by atoms with Gasteiger partial charge in [-0.05, 0) is 42.5 Å². The van der Waals surface area contributed by atoms with Crippen LogP contribution in [-0.2, 0) is 13.1 Å². The van der Waals surface area contributed by atoms with Crippen LogP contribution in [0, 0.1) is 13.8 Å². The Morgan fingerprint density at radius 2 is 2.06 bits per heavy atom. The molecule has 0 aromatic carbocycles. The van der Waals surface area contributed by atoms with Crippen molar-refractivity contribution in [3.63, 3.8) is 0 Å². The highest BCUT2D eigenvalue weighted by Crippen LogP contribution is 2.15. The van der Waals surface area contributed by atoms with Crippen molar-refractivity contribution >= 4 is 11.3 Å². The summed E-state index contributed by atoms with van der Waals surface area (Å²) in [5.74, 6) is 0. The molecule has 16 heavy (non-hydrogen) atoms. The highest BCUT2D eigenvalue weighted by Gasteiger charge is 2.01. The Hall–Kier alpha value is -1.19. The highest BCUT2D eigenvalue weighted by atomic mass is 32.1. The minimum Gasteiger partial charge on any atom is -0.306 e. The molecule has 0 saturated heterocycles. The third-order valence-electron chi connectivity index (χ3n) is 2.66. The average molecular weight is 232 g/mol. The maximum atomic E-state index is 4.36. The molecule has 2 aromatic rings. The van der Waals surface area contributed by atoms with Gasteiger partial charge in [-0.1, -0.05) is 6.07 Å². The van der Waals surface area contributed by atoms with Crippen molar-refractivity contribution in [1.29, 1.82) is 0 Å². The van der Waals surface area contributed by atoms with Crippen molar-refractivity contribution in [2.75, 3.05) is 0 Å². The monoisotopic (exact) mass is 232 g/mol. The van der Waals surface area contributed by atoms with Gasteiger partial charge >= 0.3 is 0 Å². The summed E-state index contributed by atoms with van der Waals surface area (Å²) in [7, 11) is 0. The fourth-order valence-corrected chi connectivity index (χ4v) is 2.46. The number of hydrogen-bond acceptors (Lipinski definition) is 3. The number of rotatable bonds is 4. The lowest BCUT2D eigenvalue weighted by atomic mass is 10.2. The van der Waals surface area contributed by atoms with E-state index in [9.17, 15) is 0 Å². The molecule has 0 atom stereocenters. The van der Waals surface area contributed by atoms with Crippen LogP contribution in [0.25, 0.3) is 0 Å². The maximum absolute atomic E-state index is 4.36. The van der Waals surface area contributed by atoms with Crippen molar-refractivity contribution in [1.82, 2.24) is 10.3 Å². The first-order valence-electron chi connectivity index (χ1n) is 5.41. The molecule has 0 radical (unpaired) electrons. The van der Waals surface area contributed by atoms with Crippen LogP contribution in [0.3, 0.4) is 0 Å². The minimum absolute atomic E-state index is 0.837. The van der Waals surface area contributed by atoms with E-state index >= 15 is 0 Å². The van der Waals surface area contributed by atoms with Gasteiger partial charge in [-0.2, -0.15) is 0 Å². The minimum atomic E-state index is 0.837. The molecule has 0 saturated carbocycles. The van der Waals surface area contributed by atoms with Gasteiger partial charge in [-0.25, -0.2) is 0 Å². The Bertz CT molecular complexity index is 462. The molecule has 0 spiro atoms. The molecule has 2 rings (SSSR count). The van der Waals surface area contributed by atoms with Crippen LogP contribution in [0.5, 0.6) is 0 Å². The standard InChI is InChI=1S/C13H16N2S/c1-10-4-3-6-15-12(10)8-14-9-13-11(2)5-7-16-13/h3-7,14H,8-9H2,1-2H3. The lowest BCUT2D eigenvalue weighted by Crippen LogP contribution is -2.14. The smallest absolute Gasteiger partial charge is 0.0570 e. The van der Waals surface area contributed by atoms with Gasteiger partial charge in [0.15, 0.2) is 0 Å². The van der Waals surface area contributed by atoms with Crippen LogP contribution in [-0.4, -0.2) is 4.98 Å². The summed E-state index contributed by atoms with van der Waals surface area (Å²) >= 11 is 1.81. The van der Waals surface area contributed by atoms with Gasteiger partial charge in [0.1, 0.15) is 0 Å². The molecule has 0 aliphatic carbocycles. The summed E-state index contributed by atoms with van der Waals surface area (Å²) in [6, 6.07) is 6.23. The normalized spacial score (nSPS) is 10.6. The van der Waals surface area contributed by atoms with Crippen LogP contribution in [0.1, 0.15) is 21.7 Å². The van der Waals surface area contributed by atoms with E-state index in [1.807, 2.05) is 12.3 Å². The van der Waals surface area contributed by atoms with Gasteiger partial charge in [0, 0.05) is 24.2 Å². The molecule has 2 heterocycles. The second kappa shape index (κ2) is 5.23. The lowest BCUT2D eigenvalue weighted by molar-refractivity contribution is 0.681. The Kier molecular flexibility index (Phi) is 3.70. The summed E-state index contributed by atoms with van der Waals surface area (Å²) in [4.78, 5) is 5.77. The summed E-state index contributed by atoms with van der Waals surface area (Å²) in [6.07, 6.45) is 1.85. The van der Waals surface area contributed by atoms with Gasteiger partial charge in [0.2, 0.25) is 0 Å². The van der Waals surface area contributed by atoms with Gasteiger partial charge < -0.3 is 5.32 Å². The molecule has 1 N–H and O–H groups in total. The first-order chi connectivity index (χ1) is 7.77. The van der Waals surface area contributed by atoms with Crippen molar-refractivity contribution in [3.8, 4) is 0 Å². The van der Waals surface area contributed by atoms with Crippen LogP contribution < -0.4 is 5.32 Å². The quantitative estimate of drug-likeness (QED) is 0.876. The third-order valence-corrected chi connectivity index (χ3v) is 3.69. The molecule has 0 aliphatic rings. The summed E-state index contributed by atoms with van der Waals surface area (Å²) < 4.78 is 0. The van der Waals surface area contributed by atoms with Crippen molar-refractivity contribution in [2.45, 2.75) is 26.9 Å². The van der Waals surface area contributed by atoms with Crippen LogP contribution in [0.4, 0.5) is 0 Å². The first-order valence-corrected chi connectivity index (χ1v) is 6.29. The second-order valence-electron chi connectivity index (χ2n) is 3.90. The molecule has 0 fully saturated rings. The zero-order valence-electron chi connectivity index (χ0n) is 9.66. The molecule has 84 valence electrons. The van der Waals surface area contributed by atoms with E-state index in [1.54, 1.807) is 11.3 Å². The number of nitrogens with one attached hydrogen (secondary N) is 1. The van der Waals surface area contributed by atoms with Crippen LogP contribution in [0.2, 0.25) is 0 Å². The van der Waals surface area contributed by atoms with E-state index < -0.39 is 0 Å². The topological polar surface area (TPSA) is 24.9 Å². The highest BCUT2D eigenvalue weighted by molar-refractivity contribution is 7.10. The number of hydrogen-bond donors (Lipinski definition) is 1. The van der Waals surface area contributed by atoms with E-state index in [0.717, 1.165) is 18.8 Å². The summed E-state index contributed by atoms with van der Waals surface area (Å²) in [5, 5.41) is 5.57. The molecular formula is C13H16N2S. The van der Waals surface area contributed by atoms with Crippen LogP contribution in [0.15, 0.2) is 29.8 Å². The molecule has 0 unspecified atom stereocenters. The van der Waals surface area contributed by atoms with E-state index in [1.165, 1.54) is 16.0 Å². The van der Waals surface area contributed by atoms with Gasteiger partial charge in [-0.15, -0.1) is 11.3 Å². The number of pyridine rings is 1. The van der Waals surface area contributed by atoms with Gasteiger partial charge in [0.05, 0.1) is 5.69 Å². The average Bonchev–Trinajstić information content (AvgIpc) is 2.67. The van der Waals surface area contributed by atoms with Gasteiger partial charge in [0.25, 0.3) is 0 Å². The number of nitrogens with zero attached hydrogens (tertiary/aromatic N) is 1. The van der Waals surface area contributed by atoms with E-state index in [-0.39, 0.29) is 0 Å². The predicted octanol–water partition coefficient (Wildman–Crippen LogP) is 3.05. The van der Waals surface area contributed by atoms with Gasteiger partial charge in [-0.3, -0.25) is 4.98 Å². The molecule has 0 amide bonds. The maximum Gasteiger partial charge on any atom is 0.0570 e. The van der Waals surface area contributed by atoms with Crippen molar-refractivity contribution in [3.05, 3.63) is 51.5 Å². The Morgan fingerprint density at radius 3 is 2.75 bits per heavy atom. The van der Waals surface area contributed by atoms with Crippen LogP contribution >= 0.6 is 11.3 Å².